The third kappa shape index (κ3) is 2.32. The Labute approximate surface area is 103 Å². The Hall–Kier alpha value is -2.37. The lowest BCUT2D eigenvalue weighted by Gasteiger charge is -2.10. The predicted octanol–water partition coefficient (Wildman–Crippen LogP) is 0.384. The minimum Gasteiger partial charge on any atom is -0.480 e. The SMILES string of the molecule is C[C@H](NC(=O)c1ccc2c(c1)NC(=O)C2)C(=O)O. The zero-order chi connectivity index (χ0) is 13.3. The number of hydrogen-bond donors (Lipinski definition) is 3. The average molecular weight is 248 g/mol. The second kappa shape index (κ2) is 4.48. The van der Waals surface area contributed by atoms with E-state index in [-0.39, 0.29) is 5.91 Å². The van der Waals surface area contributed by atoms with Crippen molar-refractivity contribution < 1.29 is 19.5 Å². The molecule has 0 spiro atoms. The first-order chi connectivity index (χ1) is 8.47. The number of carbonyl (C=O) groups is 3. The first kappa shape index (κ1) is 12.1. The van der Waals surface area contributed by atoms with Gasteiger partial charge in [-0.15, -0.1) is 0 Å². The topological polar surface area (TPSA) is 95.5 Å². The summed E-state index contributed by atoms with van der Waals surface area (Å²) < 4.78 is 0. The van der Waals surface area contributed by atoms with Crippen LogP contribution in [-0.2, 0) is 16.0 Å². The van der Waals surface area contributed by atoms with Gasteiger partial charge in [-0.2, -0.15) is 0 Å². The molecular formula is C12H12N2O4. The lowest BCUT2D eigenvalue weighted by molar-refractivity contribution is -0.138. The summed E-state index contributed by atoms with van der Waals surface area (Å²) in [5.41, 5.74) is 1.77. The van der Waals surface area contributed by atoms with E-state index in [1.807, 2.05) is 0 Å². The predicted molar refractivity (Wildman–Crippen MR) is 63.3 cm³/mol. The Balaban J connectivity index is 2.15. The monoisotopic (exact) mass is 248 g/mol. The van der Waals surface area contributed by atoms with Crippen LogP contribution < -0.4 is 10.6 Å². The third-order valence-corrected chi connectivity index (χ3v) is 2.72. The van der Waals surface area contributed by atoms with Crippen LogP contribution in [0, 0.1) is 0 Å². The molecule has 0 aliphatic carbocycles. The number of carboxylic acid groups (broad SMARTS) is 1. The summed E-state index contributed by atoms with van der Waals surface area (Å²) in [6, 6.07) is 3.85. The van der Waals surface area contributed by atoms with Crippen LogP contribution in [0.25, 0.3) is 0 Å². The van der Waals surface area contributed by atoms with Crippen LogP contribution in [0.3, 0.4) is 0 Å². The maximum Gasteiger partial charge on any atom is 0.325 e. The number of amides is 2. The molecule has 0 unspecified atom stereocenters. The van der Waals surface area contributed by atoms with Crippen molar-refractivity contribution in [3.05, 3.63) is 29.3 Å². The fourth-order valence-corrected chi connectivity index (χ4v) is 1.70. The summed E-state index contributed by atoms with van der Waals surface area (Å²) >= 11 is 0. The molecule has 1 atom stereocenters. The number of aliphatic carboxylic acids is 1. The fraction of sp³-hybridized carbons (Fsp3) is 0.250. The summed E-state index contributed by atoms with van der Waals surface area (Å²) in [5, 5.41) is 13.7. The molecule has 3 N–H and O–H groups in total. The van der Waals surface area contributed by atoms with Gasteiger partial charge < -0.3 is 15.7 Å². The summed E-state index contributed by atoms with van der Waals surface area (Å²) in [4.78, 5) is 33.5. The highest BCUT2D eigenvalue weighted by atomic mass is 16.4. The van der Waals surface area contributed by atoms with Gasteiger partial charge in [0.2, 0.25) is 5.91 Å². The van der Waals surface area contributed by atoms with Crippen LogP contribution >= 0.6 is 0 Å². The smallest absolute Gasteiger partial charge is 0.325 e. The van der Waals surface area contributed by atoms with Crippen molar-refractivity contribution in [2.45, 2.75) is 19.4 Å². The minimum absolute atomic E-state index is 0.110. The van der Waals surface area contributed by atoms with E-state index in [9.17, 15) is 14.4 Å². The highest BCUT2D eigenvalue weighted by molar-refractivity contribution is 6.02. The van der Waals surface area contributed by atoms with E-state index in [0.717, 1.165) is 5.56 Å². The number of rotatable bonds is 3. The van der Waals surface area contributed by atoms with E-state index in [4.69, 9.17) is 5.11 Å². The second-order valence-corrected chi connectivity index (χ2v) is 4.13. The van der Waals surface area contributed by atoms with Crippen LogP contribution in [0.5, 0.6) is 0 Å². The molecule has 6 heteroatoms. The largest absolute Gasteiger partial charge is 0.480 e. The molecule has 2 rings (SSSR count). The molecule has 0 bridgehead atoms. The van der Waals surface area contributed by atoms with Gasteiger partial charge in [0.15, 0.2) is 0 Å². The van der Waals surface area contributed by atoms with Crippen molar-refractivity contribution in [2.75, 3.05) is 5.32 Å². The molecule has 94 valence electrons. The number of carbonyl (C=O) groups excluding carboxylic acids is 2. The zero-order valence-electron chi connectivity index (χ0n) is 9.69. The molecule has 0 saturated carbocycles. The van der Waals surface area contributed by atoms with E-state index in [1.165, 1.54) is 6.92 Å². The molecule has 18 heavy (non-hydrogen) atoms. The Morgan fingerprint density at radius 1 is 1.44 bits per heavy atom. The molecule has 0 saturated heterocycles. The molecule has 6 nitrogen and oxygen atoms in total. The number of carboxylic acids is 1. The van der Waals surface area contributed by atoms with Crippen molar-refractivity contribution in [3.8, 4) is 0 Å². The third-order valence-electron chi connectivity index (χ3n) is 2.72. The number of benzene rings is 1. The number of anilines is 1. The van der Waals surface area contributed by atoms with Gasteiger partial charge in [0.1, 0.15) is 6.04 Å². The summed E-state index contributed by atoms with van der Waals surface area (Å²) in [7, 11) is 0. The van der Waals surface area contributed by atoms with E-state index in [1.54, 1.807) is 18.2 Å². The van der Waals surface area contributed by atoms with Gasteiger partial charge in [0, 0.05) is 11.3 Å². The highest BCUT2D eigenvalue weighted by Crippen LogP contribution is 2.23. The van der Waals surface area contributed by atoms with E-state index < -0.39 is 17.9 Å². The highest BCUT2D eigenvalue weighted by Gasteiger charge is 2.20. The number of nitrogens with one attached hydrogen (secondary N) is 2. The normalized spacial score (nSPS) is 14.6. The summed E-state index contributed by atoms with van der Waals surface area (Å²) in [6.07, 6.45) is 0.308. The van der Waals surface area contributed by atoms with Gasteiger partial charge in [0.05, 0.1) is 6.42 Å². The molecule has 0 fully saturated rings. The van der Waals surface area contributed by atoms with Crippen LogP contribution in [0.1, 0.15) is 22.8 Å². The Morgan fingerprint density at radius 2 is 2.17 bits per heavy atom. The Bertz CT molecular complexity index is 539. The van der Waals surface area contributed by atoms with Crippen molar-refractivity contribution in [1.82, 2.24) is 5.32 Å². The van der Waals surface area contributed by atoms with Crippen molar-refractivity contribution in [1.29, 1.82) is 0 Å². The van der Waals surface area contributed by atoms with Crippen molar-refractivity contribution in [2.24, 2.45) is 0 Å². The van der Waals surface area contributed by atoms with Gasteiger partial charge in [-0.25, -0.2) is 0 Å². The molecule has 1 aromatic carbocycles. The van der Waals surface area contributed by atoms with Gasteiger partial charge in [0.25, 0.3) is 5.91 Å². The van der Waals surface area contributed by atoms with E-state index in [0.29, 0.717) is 17.7 Å². The molecule has 1 aliphatic rings. The quantitative estimate of drug-likeness (QED) is 0.720. The average Bonchev–Trinajstić information content (AvgIpc) is 2.67. The number of hydrogen-bond acceptors (Lipinski definition) is 3. The van der Waals surface area contributed by atoms with Crippen molar-refractivity contribution in [3.63, 3.8) is 0 Å². The Morgan fingerprint density at radius 3 is 2.83 bits per heavy atom. The number of fused-ring (bicyclic) bond motifs is 1. The Kier molecular flexibility index (Phi) is 3.01. The van der Waals surface area contributed by atoms with Crippen molar-refractivity contribution >= 4 is 23.5 Å². The maximum atomic E-state index is 11.8. The molecule has 2 amide bonds. The van der Waals surface area contributed by atoms with Gasteiger partial charge in [-0.05, 0) is 24.6 Å². The van der Waals surface area contributed by atoms with Crippen LogP contribution in [0.2, 0.25) is 0 Å². The molecule has 1 heterocycles. The van der Waals surface area contributed by atoms with Crippen LogP contribution in [0.15, 0.2) is 18.2 Å². The van der Waals surface area contributed by atoms with E-state index >= 15 is 0 Å². The lowest BCUT2D eigenvalue weighted by Crippen LogP contribution is -2.38. The van der Waals surface area contributed by atoms with Gasteiger partial charge in [-0.3, -0.25) is 14.4 Å². The summed E-state index contributed by atoms with van der Waals surface area (Å²) in [6.45, 7) is 1.38. The second-order valence-electron chi connectivity index (χ2n) is 4.13. The van der Waals surface area contributed by atoms with Crippen LogP contribution in [0.4, 0.5) is 5.69 Å². The zero-order valence-corrected chi connectivity index (χ0v) is 9.69. The van der Waals surface area contributed by atoms with Gasteiger partial charge in [-0.1, -0.05) is 6.07 Å². The summed E-state index contributed by atoms with van der Waals surface area (Å²) in [5.74, 6) is -1.69. The first-order valence-electron chi connectivity index (χ1n) is 5.44. The first-order valence-corrected chi connectivity index (χ1v) is 5.44. The van der Waals surface area contributed by atoms with Gasteiger partial charge >= 0.3 is 5.97 Å². The fourth-order valence-electron chi connectivity index (χ4n) is 1.70. The van der Waals surface area contributed by atoms with Crippen LogP contribution in [-0.4, -0.2) is 28.9 Å². The maximum absolute atomic E-state index is 11.8. The lowest BCUT2D eigenvalue weighted by atomic mass is 10.1. The molecule has 0 radical (unpaired) electrons. The van der Waals surface area contributed by atoms with E-state index in [2.05, 4.69) is 10.6 Å². The molecular weight excluding hydrogens is 236 g/mol. The molecule has 1 aliphatic heterocycles. The standard InChI is InChI=1S/C12H12N2O4/c1-6(12(17)18)13-11(16)8-3-2-7-5-10(15)14-9(7)4-8/h2-4,6H,5H2,1H3,(H,13,16)(H,14,15)(H,17,18)/t6-/m0/s1. The minimum atomic E-state index is -1.10. The molecule has 0 aromatic heterocycles. The molecule has 1 aromatic rings.